The van der Waals surface area contributed by atoms with E-state index in [1.807, 2.05) is 27.7 Å². The van der Waals surface area contributed by atoms with Crippen LogP contribution in [0.1, 0.15) is 53.4 Å². The third-order valence-electron chi connectivity index (χ3n) is 1.84. The Hall–Kier alpha value is -0.610. The van der Waals surface area contributed by atoms with Crippen molar-refractivity contribution in [2.45, 2.75) is 59.0 Å². The van der Waals surface area contributed by atoms with Crippen molar-refractivity contribution in [1.82, 2.24) is 5.48 Å². The summed E-state index contributed by atoms with van der Waals surface area (Å²) < 4.78 is 4.84. The standard InChI is InChI=1S/C12H25NO3/c1-5-15-11(14)9-7-6-8-10-13-16-12(2,3)4/h13H,5-10H2,1-4H3. The summed E-state index contributed by atoms with van der Waals surface area (Å²) in [6.45, 7) is 9.12. The SMILES string of the molecule is CCOC(=O)CCCCCNOC(C)(C)C. The molecule has 1 N–H and O–H groups in total. The van der Waals surface area contributed by atoms with E-state index in [1.54, 1.807) is 0 Å². The van der Waals surface area contributed by atoms with E-state index in [-0.39, 0.29) is 11.6 Å². The summed E-state index contributed by atoms with van der Waals surface area (Å²) in [5, 5.41) is 0. The van der Waals surface area contributed by atoms with E-state index in [4.69, 9.17) is 9.57 Å². The number of hydrogen-bond donors (Lipinski definition) is 1. The maximum atomic E-state index is 11.0. The molecule has 0 aliphatic carbocycles. The highest BCUT2D eigenvalue weighted by molar-refractivity contribution is 5.69. The molecular formula is C12H25NO3. The van der Waals surface area contributed by atoms with Crippen LogP contribution in [0.15, 0.2) is 0 Å². The zero-order chi connectivity index (χ0) is 12.4. The largest absolute Gasteiger partial charge is 0.466 e. The Morgan fingerprint density at radius 1 is 1.19 bits per heavy atom. The molecule has 0 fully saturated rings. The molecular weight excluding hydrogens is 206 g/mol. The molecule has 0 heterocycles. The van der Waals surface area contributed by atoms with Crippen LogP contribution in [-0.4, -0.2) is 24.7 Å². The molecule has 0 aliphatic rings. The fourth-order valence-electron chi connectivity index (χ4n) is 1.14. The number of hydrogen-bond acceptors (Lipinski definition) is 4. The maximum Gasteiger partial charge on any atom is 0.305 e. The highest BCUT2D eigenvalue weighted by Crippen LogP contribution is 2.04. The molecule has 0 aromatic rings. The molecule has 96 valence electrons. The summed E-state index contributed by atoms with van der Waals surface area (Å²) in [7, 11) is 0. The average molecular weight is 231 g/mol. The topological polar surface area (TPSA) is 47.6 Å². The van der Waals surface area contributed by atoms with Gasteiger partial charge in [-0.25, -0.2) is 5.48 Å². The van der Waals surface area contributed by atoms with Crippen LogP contribution in [0.4, 0.5) is 0 Å². The fourth-order valence-corrected chi connectivity index (χ4v) is 1.14. The second-order valence-corrected chi connectivity index (χ2v) is 4.72. The molecule has 0 amide bonds. The summed E-state index contributed by atoms with van der Waals surface area (Å²) in [6.07, 6.45) is 3.43. The van der Waals surface area contributed by atoms with Gasteiger partial charge < -0.3 is 4.74 Å². The van der Waals surface area contributed by atoms with Gasteiger partial charge in [-0.05, 0) is 40.5 Å². The van der Waals surface area contributed by atoms with Gasteiger partial charge in [-0.3, -0.25) is 9.63 Å². The lowest BCUT2D eigenvalue weighted by atomic mass is 10.2. The molecule has 0 saturated carbocycles. The Balaban J connectivity index is 3.19. The number of hydroxylamine groups is 1. The zero-order valence-corrected chi connectivity index (χ0v) is 11.0. The molecule has 0 spiro atoms. The molecule has 0 atom stereocenters. The van der Waals surface area contributed by atoms with Gasteiger partial charge in [0.05, 0.1) is 12.2 Å². The molecule has 0 rings (SSSR count). The summed E-state index contributed by atoms with van der Waals surface area (Å²) in [6, 6.07) is 0. The minimum absolute atomic E-state index is 0.0959. The van der Waals surface area contributed by atoms with Gasteiger partial charge in [0.25, 0.3) is 0 Å². The number of unbranched alkanes of at least 4 members (excludes halogenated alkanes) is 2. The first-order chi connectivity index (χ1) is 7.45. The van der Waals surface area contributed by atoms with E-state index in [9.17, 15) is 4.79 Å². The van der Waals surface area contributed by atoms with Crippen molar-refractivity contribution in [1.29, 1.82) is 0 Å². The lowest BCUT2D eigenvalue weighted by Crippen LogP contribution is -2.29. The molecule has 0 radical (unpaired) electrons. The van der Waals surface area contributed by atoms with Gasteiger partial charge in [0, 0.05) is 13.0 Å². The van der Waals surface area contributed by atoms with Gasteiger partial charge in [0.15, 0.2) is 0 Å². The van der Waals surface area contributed by atoms with E-state index < -0.39 is 0 Å². The van der Waals surface area contributed by atoms with Crippen molar-refractivity contribution in [3.63, 3.8) is 0 Å². The Morgan fingerprint density at radius 2 is 1.88 bits per heavy atom. The molecule has 16 heavy (non-hydrogen) atoms. The average Bonchev–Trinajstić information content (AvgIpc) is 2.15. The lowest BCUT2D eigenvalue weighted by molar-refractivity contribution is -0.143. The van der Waals surface area contributed by atoms with Gasteiger partial charge >= 0.3 is 5.97 Å². The smallest absolute Gasteiger partial charge is 0.305 e. The number of carbonyl (C=O) groups excluding carboxylic acids is 1. The minimum Gasteiger partial charge on any atom is -0.466 e. The normalized spacial score (nSPS) is 11.5. The van der Waals surface area contributed by atoms with Crippen LogP contribution in [0.25, 0.3) is 0 Å². The molecule has 0 aromatic carbocycles. The predicted octanol–water partition coefficient (Wildman–Crippen LogP) is 2.43. The molecule has 0 aliphatic heterocycles. The summed E-state index contributed by atoms with van der Waals surface area (Å²) in [5.74, 6) is -0.0959. The second-order valence-electron chi connectivity index (χ2n) is 4.72. The predicted molar refractivity (Wildman–Crippen MR) is 63.9 cm³/mol. The van der Waals surface area contributed by atoms with Crippen molar-refractivity contribution in [3.8, 4) is 0 Å². The molecule has 0 saturated heterocycles. The van der Waals surface area contributed by atoms with E-state index in [0.717, 1.165) is 25.8 Å². The second kappa shape index (κ2) is 8.53. The van der Waals surface area contributed by atoms with E-state index in [1.165, 1.54) is 0 Å². The van der Waals surface area contributed by atoms with Crippen molar-refractivity contribution in [3.05, 3.63) is 0 Å². The molecule has 0 aromatic heterocycles. The van der Waals surface area contributed by atoms with Crippen molar-refractivity contribution in [2.75, 3.05) is 13.2 Å². The van der Waals surface area contributed by atoms with Crippen LogP contribution in [-0.2, 0) is 14.4 Å². The monoisotopic (exact) mass is 231 g/mol. The van der Waals surface area contributed by atoms with Gasteiger partial charge in [-0.15, -0.1) is 0 Å². The number of carbonyl (C=O) groups is 1. The van der Waals surface area contributed by atoms with Gasteiger partial charge in [0.2, 0.25) is 0 Å². The van der Waals surface area contributed by atoms with E-state index in [0.29, 0.717) is 13.0 Å². The highest BCUT2D eigenvalue weighted by atomic mass is 16.7. The fraction of sp³-hybridized carbons (Fsp3) is 0.917. The molecule has 4 heteroatoms. The number of rotatable bonds is 8. The molecule has 0 bridgehead atoms. The van der Waals surface area contributed by atoms with Gasteiger partial charge in [-0.2, -0.15) is 0 Å². The first kappa shape index (κ1) is 15.4. The number of ether oxygens (including phenoxy) is 1. The molecule has 4 nitrogen and oxygen atoms in total. The summed E-state index contributed by atoms with van der Waals surface area (Å²) in [5.41, 5.74) is 2.77. The van der Waals surface area contributed by atoms with Crippen LogP contribution >= 0.6 is 0 Å². The number of esters is 1. The van der Waals surface area contributed by atoms with Gasteiger partial charge in [0.1, 0.15) is 0 Å². The first-order valence-corrected chi connectivity index (χ1v) is 6.02. The Labute approximate surface area is 98.6 Å². The third kappa shape index (κ3) is 11.5. The summed E-state index contributed by atoms with van der Waals surface area (Å²) >= 11 is 0. The minimum atomic E-state index is -0.148. The Bertz CT molecular complexity index is 187. The zero-order valence-electron chi connectivity index (χ0n) is 11.0. The van der Waals surface area contributed by atoms with Crippen LogP contribution in [0.5, 0.6) is 0 Å². The quantitative estimate of drug-likeness (QED) is 0.396. The van der Waals surface area contributed by atoms with Crippen LogP contribution in [0.3, 0.4) is 0 Å². The highest BCUT2D eigenvalue weighted by Gasteiger charge is 2.09. The van der Waals surface area contributed by atoms with Gasteiger partial charge in [-0.1, -0.05) is 6.42 Å². The first-order valence-electron chi connectivity index (χ1n) is 6.02. The van der Waals surface area contributed by atoms with Crippen molar-refractivity contribution < 1.29 is 14.4 Å². The Kier molecular flexibility index (Phi) is 8.21. The van der Waals surface area contributed by atoms with Crippen LogP contribution in [0.2, 0.25) is 0 Å². The lowest BCUT2D eigenvalue weighted by Gasteiger charge is -2.19. The van der Waals surface area contributed by atoms with E-state index >= 15 is 0 Å². The molecule has 0 unspecified atom stereocenters. The number of nitrogens with one attached hydrogen (secondary N) is 1. The third-order valence-corrected chi connectivity index (χ3v) is 1.84. The van der Waals surface area contributed by atoms with E-state index in [2.05, 4.69) is 5.48 Å². The summed E-state index contributed by atoms with van der Waals surface area (Å²) in [4.78, 5) is 16.4. The van der Waals surface area contributed by atoms with Crippen molar-refractivity contribution in [2.24, 2.45) is 0 Å². The maximum absolute atomic E-state index is 11.0. The van der Waals surface area contributed by atoms with Crippen molar-refractivity contribution >= 4 is 5.97 Å². The van der Waals surface area contributed by atoms with Crippen LogP contribution < -0.4 is 5.48 Å². The Morgan fingerprint density at radius 3 is 2.44 bits per heavy atom. The van der Waals surface area contributed by atoms with Crippen LogP contribution in [0, 0.1) is 0 Å².